The maximum Gasteiger partial charge on any atom is 0.322 e. The van der Waals surface area contributed by atoms with Crippen LogP contribution in [0.3, 0.4) is 0 Å². The van der Waals surface area contributed by atoms with Crippen molar-refractivity contribution in [1.82, 2.24) is 10.2 Å². The molecule has 0 spiro atoms. The Morgan fingerprint density at radius 2 is 1.81 bits per heavy atom. The molecule has 0 fully saturated rings. The van der Waals surface area contributed by atoms with Crippen molar-refractivity contribution in [2.45, 2.75) is 24.0 Å². The van der Waals surface area contributed by atoms with Crippen LogP contribution < -0.4 is 5.32 Å². The van der Waals surface area contributed by atoms with E-state index >= 15 is 0 Å². The van der Waals surface area contributed by atoms with Crippen LogP contribution in [0.1, 0.15) is 24.2 Å². The number of anilines is 1. The first-order valence-electron chi connectivity index (χ1n) is 8.49. The van der Waals surface area contributed by atoms with Crippen molar-refractivity contribution >= 4 is 34.7 Å². The van der Waals surface area contributed by atoms with Gasteiger partial charge < -0.3 is 8.83 Å². The molecular weight excluding hydrogens is 362 g/mol. The van der Waals surface area contributed by atoms with E-state index in [1.165, 1.54) is 0 Å². The summed E-state index contributed by atoms with van der Waals surface area (Å²) in [7, 11) is 0. The average Bonchev–Trinajstić information content (AvgIpc) is 3.28. The molecule has 0 aliphatic rings. The fourth-order valence-corrected chi connectivity index (χ4v) is 3.42. The van der Waals surface area contributed by atoms with Gasteiger partial charge in [0, 0.05) is 21.1 Å². The lowest BCUT2D eigenvalue weighted by molar-refractivity contribution is 0.102. The van der Waals surface area contributed by atoms with Crippen LogP contribution in [-0.2, 0) is 0 Å². The molecule has 2 aromatic carbocycles. The molecule has 0 aliphatic heterocycles. The third kappa shape index (κ3) is 3.88. The number of hydrogen-bond acceptors (Lipinski definition) is 6. The quantitative estimate of drug-likeness (QED) is 0.478. The zero-order chi connectivity index (χ0) is 18.8. The molecule has 0 radical (unpaired) electrons. The minimum atomic E-state index is -0.309. The molecule has 136 valence electrons. The van der Waals surface area contributed by atoms with Crippen LogP contribution in [0.25, 0.3) is 22.6 Å². The Balaban J connectivity index is 1.48. The monoisotopic (exact) mass is 379 g/mol. The van der Waals surface area contributed by atoms with Crippen LogP contribution in [0.2, 0.25) is 0 Å². The maximum atomic E-state index is 12.4. The van der Waals surface area contributed by atoms with Crippen LogP contribution in [0.5, 0.6) is 0 Å². The van der Waals surface area contributed by atoms with Gasteiger partial charge in [0.1, 0.15) is 5.58 Å². The van der Waals surface area contributed by atoms with Gasteiger partial charge in [0.25, 0.3) is 11.8 Å². The molecular formula is C20H17N3O3S. The first-order valence-corrected chi connectivity index (χ1v) is 9.37. The van der Waals surface area contributed by atoms with E-state index in [1.54, 1.807) is 23.9 Å². The van der Waals surface area contributed by atoms with Gasteiger partial charge in [-0.25, -0.2) is 0 Å². The van der Waals surface area contributed by atoms with Crippen molar-refractivity contribution in [3.8, 4) is 11.7 Å². The smallest absolute Gasteiger partial charge is 0.322 e. The van der Waals surface area contributed by atoms with E-state index in [4.69, 9.17) is 8.83 Å². The van der Waals surface area contributed by atoms with Crippen molar-refractivity contribution in [3.05, 3.63) is 60.2 Å². The van der Waals surface area contributed by atoms with Crippen LogP contribution in [-0.4, -0.2) is 21.4 Å². The number of amides is 1. The summed E-state index contributed by atoms with van der Waals surface area (Å²) in [5.74, 6) is 0.361. The number of nitrogens with zero attached hydrogens (tertiary/aromatic N) is 2. The van der Waals surface area contributed by atoms with E-state index in [0.29, 0.717) is 16.6 Å². The molecule has 2 heterocycles. The van der Waals surface area contributed by atoms with Gasteiger partial charge in [0.15, 0.2) is 5.76 Å². The van der Waals surface area contributed by atoms with E-state index < -0.39 is 0 Å². The van der Waals surface area contributed by atoms with E-state index in [9.17, 15) is 4.79 Å². The summed E-state index contributed by atoms with van der Waals surface area (Å²) < 4.78 is 11.2. The van der Waals surface area contributed by atoms with E-state index in [2.05, 4.69) is 29.4 Å². The highest BCUT2D eigenvalue weighted by atomic mass is 32.2. The molecule has 0 unspecified atom stereocenters. The molecule has 1 amide bonds. The van der Waals surface area contributed by atoms with Crippen molar-refractivity contribution in [2.24, 2.45) is 0 Å². The molecule has 1 N–H and O–H groups in total. The number of fused-ring (bicyclic) bond motifs is 1. The number of thioether (sulfide) groups is 1. The van der Waals surface area contributed by atoms with Gasteiger partial charge >= 0.3 is 6.01 Å². The molecule has 7 heteroatoms. The summed E-state index contributed by atoms with van der Waals surface area (Å²) in [5, 5.41) is 11.9. The third-order valence-electron chi connectivity index (χ3n) is 3.77. The van der Waals surface area contributed by atoms with Gasteiger partial charge in [-0.05, 0) is 36.4 Å². The van der Waals surface area contributed by atoms with Gasteiger partial charge in [0.05, 0.1) is 0 Å². The molecule has 4 rings (SSSR count). The van der Waals surface area contributed by atoms with Gasteiger partial charge in [-0.15, -0.1) is 16.9 Å². The van der Waals surface area contributed by atoms with Gasteiger partial charge in [-0.2, -0.15) is 0 Å². The van der Waals surface area contributed by atoms with E-state index in [-0.39, 0.29) is 17.8 Å². The van der Waals surface area contributed by atoms with E-state index in [0.717, 1.165) is 15.9 Å². The van der Waals surface area contributed by atoms with Crippen LogP contribution >= 0.6 is 11.8 Å². The normalized spacial score (nSPS) is 11.2. The number of aromatic nitrogens is 2. The lowest BCUT2D eigenvalue weighted by Crippen LogP contribution is -2.11. The third-order valence-corrected chi connectivity index (χ3v) is 4.79. The summed E-state index contributed by atoms with van der Waals surface area (Å²) >= 11 is 1.74. The number of benzene rings is 2. The number of carbonyl (C=O) groups excluding carboxylic acids is 1. The van der Waals surface area contributed by atoms with E-state index in [1.807, 2.05) is 42.5 Å². The fraction of sp³-hybridized carbons (Fsp3) is 0.150. The zero-order valence-electron chi connectivity index (χ0n) is 14.8. The van der Waals surface area contributed by atoms with Gasteiger partial charge in [0.2, 0.25) is 0 Å². The van der Waals surface area contributed by atoms with Crippen LogP contribution in [0, 0.1) is 0 Å². The van der Waals surface area contributed by atoms with Gasteiger partial charge in [-0.1, -0.05) is 37.1 Å². The second kappa shape index (κ2) is 7.28. The summed E-state index contributed by atoms with van der Waals surface area (Å²) in [6.07, 6.45) is 0. The Bertz CT molecular complexity index is 1050. The SMILES string of the molecule is CC(C)Sc1ccc(C(=O)Nc2nnc(-c3cc4ccccc4o3)o2)cc1. The molecule has 4 aromatic rings. The van der Waals surface area contributed by atoms with Crippen molar-refractivity contribution in [1.29, 1.82) is 0 Å². The number of rotatable bonds is 5. The number of carbonyl (C=O) groups is 1. The predicted octanol–water partition coefficient (Wildman–Crippen LogP) is 5.24. The number of furan rings is 1. The highest BCUT2D eigenvalue weighted by Crippen LogP contribution is 2.28. The molecule has 27 heavy (non-hydrogen) atoms. The summed E-state index contributed by atoms with van der Waals surface area (Å²) in [6, 6.07) is 16.8. The average molecular weight is 379 g/mol. The minimum Gasteiger partial charge on any atom is -0.451 e. The Morgan fingerprint density at radius 3 is 2.56 bits per heavy atom. The molecule has 6 nitrogen and oxygen atoms in total. The molecule has 2 aromatic heterocycles. The first-order chi connectivity index (χ1) is 13.1. The molecule has 0 atom stereocenters. The number of para-hydroxylation sites is 1. The molecule has 0 bridgehead atoms. The summed E-state index contributed by atoms with van der Waals surface area (Å²) in [6.45, 7) is 4.25. The lowest BCUT2D eigenvalue weighted by Gasteiger charge is -2.05. The second-order valence-corrected chi connectivity index (χ2v) is 7.86. The van der Waals surface area contributed by atoms with Crippen LogP contribution in [0.4, 0.5) is 6.01 Å². The highest BCUT2D eigenvalue weighted by Gasteiger charge is 2.16. The zero-order valence-corrected chi connectivity index (χ0v) is 15.6. The second-order valence-electron chi connectivity index (χ2n) is 6.21. The molecule has 0 saturated carbocycles. The lowest BCUT2D eigenvalue weighted by atomic mass is 10.2. The molecule has 0 saturated heterocycles. The molecule has 0 aliphatic carbocycles. The summed E-state index contributed by atoms with van der Waals surface area (Å²) in [4.78, 5) is 13.5. The van der Waals surface area contributed by atoms with Gasteiger partial charge in [-0.3, -0.25) is 10.1 Å². The number of nitrogens with one attached hydrogen (secondary N) is 1. The Kier molecular flexibility index (Phi) is 4.68. The summed E-state index contributed by atoms with van der Waals surface area (Å²) in [5.41, 5.74) is 1.25. The van der Waals surface area contributed by atoms with Crippen LogP contribution in [0.15, 0.2) is 68.3 Å². The Hall–Kier alpha value is -3.06. The van der Waals surface area contributed by atoms with Crippen molar-refractivity contribution < 1.29 is 13.6 Å². The van der Waals surface area contributed by atoms with Crippen molar-refractivity contribution in [2.75, 3.05) is 5.32 Å². The Labute approximate surface area is 160 Å². The first kappa shape index (κ1) is 17.4. The standard InChI is InChI=1S/C20H17N3O3S/c1-12(2)27-15-9-7-13(8-10-15)18(24)21-20-23-22-19(26-20)17-11-14-5-3-4-6-16(14)25-17/h3-12H,1-2H3,(H,21,23,24). The highest BCUT2D eigenvalue weighted by molar-refractivity contribution is 7.99. The predicted molar refractivity (Wildman–Crippen MR) is 105 cm³/mol. The Morgan fingerprint density at radius 1 is 1.04 bits per heavy atom. The topological polar surface area (TPSA) is 81.2 Å². The number of hydrogen-bond donors (Lipinski definition) is 1. The largest absolute Gasteiger partial charge is 0.451 e. The fourth-order valence-electron chi connectivity index (χ4n) is 2.59. The maximum absolute atomic E-state index is 12.4. The van der Waals surface area contributed by atoms with Crippen molar-refractivity contribution in [3.63, 3.8) is 0 Å². The minimum absolute atomic E-state index is 0.0242.